The molecule has 0 aromatic carbocycles. The lowest BCUT2D eigenvalue weighted by Gasteiger charge is -2.34. The van der Waals surface area contributed by atoms with E-state index in [1.165, 1.54) is 0 Å². The average molecular weight is 468 g/mol. The SMILES string of the molecule is CCNC(=NCC1CN(C)CCO1)N1CCCC(C(=O)OCC)C1.I. The summed E-state index contributed by atoms with van der Waals surface area (Å²) in [6.45, 7) is 10.1. The molecular formula is C17H33IN4O3. The maximum atomic E-state index is 12.0. The van der Waals surface area contributed by atoms with Gasteiger partial charge >= 0.3 is 5.97 Å². The highest BCUT2D eigenvalue weighted by atomic mass is 127. The van der Waals surface area contributed by atoms with Gasteiger partial charge in [-0.3, -0.25) is 9.79 Å². The summed E-state index contributed by atoms with van der Waals surface area (Å²) in [6.07, 6.45) is 2.02. The molecule has 1 N–H and O–H groups in total. The Bertz CT molecular complexity index is 436. The van der Waals surface area contributed by atoms with Crippen LogP contribution in [0.15, 0.2) is 4.99 Å². The van der Waals surface area contributed by atoms with Crippen molar-refractivity contribution in [3.05, 3.63) is 0 Å². The van der Waals surface area contributed by atoms with Gasteiger partial charge in [0.15, 0.2) is 5.96 Å². The van der Waals surface area contributed by atoms with Crippen LogP contribution in [0.1, 0.15) is 26.7 Å². The standard InChI is InChI=1S/C17H32N4O3.HI/c1-4-18-17(19-11-15-13-20(3)9-10-24-15)21-8-6-7-14(12-21)16(22)23-5-2;/h14-15H,4-13H2,1-3H3,(H,18,19);1H. The molecular weight excluding hydrogens is 435 g/mol. The summed E-state index contributed by atoms with van der Waals surface area (Å²) in [5.41, 5.74) is 0. The molecule has 2 heterocycles. The van der Waals surface area contributed by atoms with E-state index in [0.29, 0.717) is 19.7 Å². The summed E-state index contributed by atoms with van der Waals surface area (Å²) in [5, 5.41) is 3.35. The lowest BCUT2D eigenvalue weighted by Crippen LogP contribution is -2.49. The van der Waals surface area contributed by atoms with Gasteiger partial charge in [-0.1, -0.05) is 0 Å². The van der Waals surface area contributed by atoms with Gasteiger partial charge in [-0.2, -0.15) is 0 Å². The summed E-state index contributed by atoms with van der Waals surface area (Å²) >= 11 is 0. The number of esters is 1. The molecule has 0 amide bonds. The lowest BCUT2D eigenvalue weighted by molar-refractivity contribution is -0.149. The highest BCUT2D eigenvalue weighted by Gasteiger charge is 2.28. The predicted molar refractivity (Wildman–Crippen MR) is 110 cm³/mol. The molecule has 2 fully saturated rings. The number of nitrogens with one attached hydrogen (secondary N) is 1. The molecule has 7 nitrogen and oxygen atoms in total. The number of guanidine groups is 1. The number of carbonyl (C=O) groups is 1. The zero-order chi connectivity index (χ0) is 17.4. The molecule has 0 radical (unpaired) electrons. The molecule has 2 unspecified atom stereocenters. The second-order valence-electron chi connectivity index (χ2n) is 6.49. The van der Waals surface area contributed by atoms with E-state index in [0.717, 1.165) is 51.6 Å². The number of aliphatic imine (C=N–C) groups is 1. The molecule has 25 heavy (non-hydrogen) atoms. The molecule has 0 bridgehead atoms. The van der Waals surface area contributed by atoms with Crippen LogP contribution in [0.4, 0.5) is 0 Å². The first-order valence-corrected chi connectivity index (χ1v) is 9.14. The van der Waals surface area contributed by atoms with Crippen LogP contribution in [-0.4, -0.2) is 87.4 Å². The van der Waals surface area contributed by atoms with Crippen molar-refractivity contribution in [1.82, 2.24) is 15.1 Å². The van der Waals surface area contributed by atoms with Crippen molar-refractivity contribution in [3.63, 3.8) is 0 Å². The highest BCUT2D eigenvalue weighted by Crippen LogP contribution is 2.18. The Morgan fingerprint density at radius 1 is 1.32 bits per heavy atom. The minimum Gasteiger partial charge on any atom is -0.466 e. The minimum absolute atomic E-state index is 0. The summed E-state index contributed by atoms with van der Waals surface area (Å²) in [6, 6.07) is 0. The van der Waals surface area contributed by atoms with E-state index in [1.54, 1.807) is 0 Å². The summed E-state index contributed by atoms with van der Waals surface area (Å²) < 4.78 is 11.0. The van der Waals surface area contributed by atoms with Crippen molar-refractivity contribution in [2.45, 2.75) is 32.8 Å². The second-order valence-corrected chi connectivity index (χ2v) is 6.49. The number of halogens is 1. The quantitative estimate of drug-likeness (QED) is 0.283. The van der Waals surface area contributed by atoms with Crippen LogP contribution >= 0.6 is 24.0 Å². The van der Waals surface area contributed by atoms with Crippen molar-refractivity contribution in [1.29, 1.82) is 0 Å². The van der Waals surface area contributed by atoms with E-state index in [2.05, 4.69) is 29.1 Å². The first-order valence-electron chi connectivity index (χ1n) is 9.14. The molecule has 0 aromatic heterocycles. The number of likely N-dealkylation sites (tertiary alicyclic amines) is 1. The Balaban J connectivity index is 0.00000312. The van der Waals surface area contributed by atoms with E-state index in [-0.39, 0.29) is 42.0 Å². The monoisotopic (exact) mass is 468 g/mol. The first-order chi connectivity index (χ1) is 11.6. The lowest BCUT2D eigenvalue weighted by atomic mass is 9.98. The van der Waals surface area contributed by atoms with E-state index < -0.39 is 0 Å². The number of likely N-dealkylation sites (N-methyl/N-ethyl adjacent to an activating group) is 1. The number of hydrogen-bond acceptors (Lipinski definition) is 5. The molecule has 2 atom stereocenters. The fourth-order valence-electron chi connectivity index (χ4n) is 3.21. The fraction of sp³-hybridized carbons (Fsp3) is 0.882. The average Bonchev–Trinajstić information content (AvgIpc) is 2.59. The van der Waals surface area contributed by atoms with Gasteiger partial charge in [-0.25, -0.2) is 0 Å². The predicted octanol–water partition coefficient (Wildman–Crippen LogP) is 1.18. The molecule has 2 saturated heterocycles. The normalized spacial score (nSPS) is 25.2. The van der Waals surface area contributed by atoms with Gasteiger partial charge in [0.1, 0.15) is 0 Å². The topological polar surface area (TPSA) is 66.4 Å². The minimum atomic E-state index is -0.0877. The maximum absolute atomic E-state index is 12.0. The Morgan fingerprint density at radius 2 is 2.12 bits per heavy atom. The number of carbonyl (C=O) groups excluding carboxylic acids is 1. The molecule has 8 heteroatoms. The van der Waals surface area contributed by atoms with Crippen LogP contribution in [0.25, 0.3) is 0 Å². The molecule has 0 saturated carbocycles. The summed E-state index contributed by atoms with van der Waals surface area (Å²) in [4.78, 5) is 21.2. The van der Waals surface area contributed by atoms with E-state index in [9.17, 15) is 4.79 Å². The van der Waals surface area contributed by atoms with Gasteiger partial charge < -0.3 is 24.6 Å². The van der Waals surface area contributed by atoms with Crippen LogP contribution in [0.2, 0.25) is 0 Å². The number of ether oxygens (including phenoxy) is 2. The van der Waals surface area contributed by atoms with Gasteiger partial charge in [-0.05, 0) is 33.7 Å². The Labute approximate surface area is 168 Å². The van der Waals surface area contributed by atoms with E-state index in [1.807, 2.05) is 6.92 Å². The first kappa shape index (κ1) is 22.4. The van der Waals surface area contributed by atoms with Gasteiger partial charge in [0, 0.05) is 32.7 Å². The summed E-state index contributed by atoms with van der Waals surface area (Å²) in [5.74, 6) is 0.734. The van der Waals surface area contributed by atoms with Crippen molar-refractivity contribution >= 4 is 35.9 Å². The highest BCUT2D eigenvalue weighted by molar-refractivity contribution is 14.0. The van der Waals surface area contributed by atoms with Crippen molar-refractivity contribution < 1.29 is 14.3 Å². The Kier molecular flexibility index (Phi) is 10.7. The van der Waals surface area contributed by atoms with Crippen LogP contribution in [0.3, 0.4) is 0 Å². The fourth-order valence-corrected chi connectivity index (χ4v) is 3.21. The van der Waals surface area contributed by atoms with Gasteiger partial charge in [0.05, 0.1) is 31.8 Å². The zero-order valence-corrected chi connectivity index (χ0v) is 18.0. The van der Waals surface area contributed by atoms with Gasteiger partial charge in [0.2, 0.25) is 0 Å². The third-order valence-electron chi connectivity index (χ3n) is 4.46. The molecule has 0 aromatic rings. The number of nitrogens with zero attached hydrogens (tertiary/aromatic N) is 3. The molecule has 2 aliphatic heterocycles. The van der Waals surface area contributed by atoms with Crippen LogP contribution in [-0.2, 0) is 14.3 Å². The number of hydrogen-bond donors (Lipinski definition) is 1. The molecule has 2 aliphatic rings. The smallest absolute Gasteiger partial charge is 0.310 e. The van der Waals surface area contributed by atoms with Gasteiger partial charge in [0.25, 0.3) is 0 Å². The number of rotatable bonds is 5. The van der Waals surface area contributed by atoms with Crippen LogP contribution < -0.4 is 5.32 Å². The largest absolute Gasteiger partial charge is 0.466 e. The van der Waals surface area contributed by atoms with Crippen molar-refractivity contribution in [3.8, 4) is 0 Å². The van der Waals surface area contributed by atoms with Crippen LogP contribution in [0.5, 0.6) is 0 Å². The maximum Gasteiger partial charge on any atom is 0.310 e. The van der Waals surface area contributed by atoms with E-state index >= 15 is 0 Å². The Morgan fingerprint density at radius 3 is 2.80 bits per heavy atom. The zero-order valence-electron chi connectivity index (χ0n) is 15.7. The third-order valence-corrected chi connectivity index (χ3v) is 4.46. The number of morpholine rings is 1. The molecule has 2 rings (SSSR count). The van der Waals surface area contributed by atoms with Gasteiger partial charge in [-0.15, -0.1) is 24.0 Å². The second kappa shape index (κ2) is 11.9. The number of piperidine rings is 1. The molecule has 146 valence electrons. The third kappa shape index (κ3) is 7.26. The van der Waals surface area contributed by atoms with Crippen molar-refractivity contribution in [2.24, 2.45) is 10.9 Å². The molecule has 0 spiro atoms. The van der Waals surface area contributed by atoms with Crippen molar-refractivity contribution in [2.75, 3.05) is 59.5 Å². The summed E-state index contributed by atoms with van der Waals surface area (Å²) in [7, 11) is 2.11. The van der Waals surface area contributed by atoms with E-state index in [4.69, 9.17) is 14.5 Å². The molecule has 0 aliphatic carbocycles. The Hall–Kier alpha value is -0.610. The van der Waals surface area contributed by atoms with Crippen LogP contribution in [0, 0.1) is 5.92 Å².